The Labute approximate surface area is 202 Å². The molecule has 3 aromatic rings. The molecule has 1 aromatic heterocycles. The van der Waals surface area contributed by atoms with Crippen LogP contribution in [0.4, 0.5) is 0 Å². The molecule has 0 aliphatic carbocycles. The molecule has 3 rings (SSSR count). The summed E-state index contributed by atoms with van der Waals surface area (Å²) < 4.78 is 7.64. The van der Waals surface area contributed by atoms with Gasteiger partial charge < -0.3 is 10.1 Å². The van der Waals surface area contributed by atoms with Gasteiger partial charge in [-0.2, -0.15) is 0 Å². The molecule has 0 spiro atoms. The first-order valence-corrected chi connectivity index (χ1v) is 12.2. The molecule has 1 N–H and O–H groups in total. The number of imidazole rings is 1. The van der Waals surface area contributed by atoms with E-state index in [9.17, 15) is 4.79 Å². The van der Waals surface area contributed by atoms with Crippen molar-refractivity contribution in [3.63, 3.8) is 0 Å². The van der Waals surface area contributed by atoms with Gasteiger partial charge in [-0.05, 0) is 54.2 Å². The lowest BCUT2D eigenvalue weighted by atomic mass is 10.0. The Bertz CT molecular complexity index is 1020. The number of halogens is 1. The number of unbranched alkanes of at least 4 members (excludes halogenated alkanes) is 1. The van der Waals surface area contributed by atoms with Crippen LogP contribution in [0.5, 0.6) is 0 Å². The topological polar surface area (TPSA) is 56.1 Å². The van der Waals surface area contributed by atoms with Crippen molar-refractivity contribution in [1.29, 1.82) is 0 Å². The van der Waals surface area contributed by atoms with Gasteiger partial charge in [-0.25, -0.2) is 4.98 Å². The van der Waals surface area contributed by atoms with Gasteiger partial charge in [-0.3, -0.25) is 9.36 Å². The number of hydrogen-bond donors (Lipinski definition) is 1. The van der Waals surface area contributed by atoms with E-state index in [4.69, 9.17) is 16.3 Å². The molecular weight excluding hydrogens is 434 g/mol. The van der Waals surface area contributed by atoms with Crippen LogP contribution in [0.15, 0.2) is 61.1 Å². The van der Waals surface area contributed by atoms with Crippen LogP contribution in [0.3, 0.4) is 0 Å². The highest BCUT2D eigenvalue weighted by Crippen LogP contribution is 2.25. The van der Waals surface area contributed by atoms with E-state index in [1.165, 1.54) is 19.3 Å². The number of ether oxygens (including phenoxy) is 1. The van der Waals surface area contributed by atoms with Crippen LogP contribution in [0.25, 0.3) is 16.8 Å². The van der Waals surface area contributed by atoms with Crippen molar-refractivity contribution in [3.8, 4) is 16.8 Å². The second kappa shape index (κ2) is 13.2. The predicted molar refractivity (Wildman–Crippen MR) is 135 cm³/mol. The lowest BCUT2D eigenvalue weighted by Crippen LogP contribution is -2.27. The van der Waals surface area contributed by atoms with E-state index in [0.717, 1.165) is 36.3 Å². The normalized spacial score (nSPS) is 12.0. The van der Waals surface area contributed by atoms with Crippen LogP contribution in [0, 0.1) is 5.92 Å². The van der Waals surface area contributed by atoms with Gasteiger partial charge in [0.2, 0.25) is 0 Å². The molecule has 0 saturated heterocycles. The summed E-state index contributed by atoms with van der Waals surface area (Å²) in [7, 11) is 0. The van der Waals surface area contributed by atoms with Crippen LogP contribution >= 0.6 is 11.6 Å². The molecule has 0 radical (unpaired) electrons. The molecule has 5 nitrogen and oxygen atoms in total. The highest BCUT2D eigenvalue weighted by molar-refractivity contribution is 6.30. The minimum atomic E-state index is -0.143. The van der Waals surface area contributed by atoms with Crippen molar-refractivity contribution in [2.45, 2.75) is 46.0 Å². The molecule has 1 amide bonds. The fraction of sp³-hybridized carbons (Fsp3) is 0.407. The third-order valence-electron chi connectivity index (χ3n) is 5.80. The molecule has 1 unspecified atom stereocenters. The summed E-state index contributed by atoms with van der Waals surface area (Å²) in [6, 6.07) is 15.7. The second-order valence-electron chi connectivity index (χ2n) is 8.31. The van der Waals surface area contributed by atoms with E-state index in [2.05, 4.69) is 24.1 Å². The van der Waals surface area contributed by atoms with Gasteiger partial charge in [0.05, 0.1) is 12.5 Å². The highest BCUT2D eigenvalue weighted by Gasteiger charge is 2.13. The number of rotatable bonds is 13. The maximum absolute atomic E-state index is 12.8. The van der Waals surface area contributed by atoms with Gasteiger partial charge in [0.25, 0.3) is 5.91 Å². The molecule has 0 bridgehead atoms. The summed E-state index contributed by atoms with van der Waals surface area (Å²) in [6.45, 7) is 6.47. The number of carbonyl (C=O) groups is 1. The summed E-state index contributed by atoms with van der Waals surface area (Å²) in [6.07, 6.45) is 8.91. The molecule has 1 heterocycles. The number of hydrogen-bond acceptors (Lipinski definition) is 3. The van der Waals surface area contributed by atoms with Crippen LogP contribution in [0.1, 0.15) is 56.4 Å². The predicted octanol–water partition coefficient (Wildman–Crippen LogP) is 6.55. The molecular formula is C27H34ClN3O2. The van der Waals surface area contributed by atoms with Crippen LogP contribution < -0.4 is 5.32 Å². The number of amides is 1. The van der Waals surface area contributed by atoms with Gasteiger partial charge >= 0.3 is 0 Å². The first kappa shape index (κ1) is 25.0. The average molecular weight is 468 g/mol. The SMILES string of the molecule is CCCCC(CC)COCCCNC(=O)c1cncn1-c1cccc(-c2cccc(Cl)c2)c1. The first-order valence-electron chi connectivity index (χ1n) is 11.9. The molecule has 176 valence electrons. The zero-order valence-electron chi connectivity index (χ0n) is 19.6. The monoisotopic (exact) mass is 467 g/mol. The Morgan fingerprint density at radius 2 is 1.91 bits per heavy atom. The number of benzene rings is 2. The van der Waals surface area contributed by atoms with Crippen molar-refractivity contribution in [2.24, 2.45) is 5.92 Å². The van der Waals surface area contributed by atoms with Gasteiger partial charge in [0.1, 0.15) is 5.69 Å². The molecule has 0 aliphatic heterocycles. The fourth-order valence-electron chi connectivity index (χ4n) is 3.79. The highest BCUT2D eigenvalue weighted by atomic mass is 35.5. The number of carbonyl (C=O) groups excluding carboxylic acids is 1. The first-order chi connectivity index (χ1) is 16.1. The van der Waals surface area contributed by atoms with Crippen molar-refractivity contribution in [1.82, 2.24) is 14.9 Å². The van der Waals surface area contributed by atoms with Gasteiger partial charge in [-0.1, -0.05) is 69.0 Å². The lowest BCUT2D eigenvalue weighted by molar-refractivity contribution is 0.0872. The summed E-state index contributed by atoms with van der Waals surface area (Å²) in [5.41, 5.74) is 3.42. The molecule has 0 aliphatic rings. The Hall–Kier alpha value is -2.63. The number of aromatic nitrogens is 2. The minimum Gasteiger partial charge on any atom is -0.381 e. The van der Waals surface area contributed by atoms with Gasteiger partial charge in [0.15, 0.2) is 0 Å². The number of nitrogens with one attached hydrogen (secondary N) is 1. The third-order valence-corrected chi connectivity index (χ3v) is 6.04. The zero-order chi connectivity index (χ0) is 23.5. The maximum Gasteiger partial charge on any atom is 0.269 e. The molecule has 2 aromatic carbocycles. The van der Waals surface area contributed by atoms with Crippen LogP contribution in [-0.4, -0.2) is 35.2 Å². The average Bonchev–Trinajstić information content (AvgIpc) is 3.33. The van der Waals surface area contributed by atoms with Crippen molar-refractivity contribution in [2.75, 3.05) is 19.8 Å². The minimum absolute atomic E-state index is 0.143. The molecule has 1 atom stereocenters. The Balaban J connectivity index is 1.53. The number of nitrogens with zero attached hydrogens (tertiary/aromatic N) is 2. The van der Waals surface area contributed by atoms with Crippen LogP contribution in [0.2, 0.25) is 5.02 Å². The standard InChI is InChI=1S/C27H34ClN3O2/c1-3-5-9-21(4-2)19-33-15-8-14-30-27(32)26-18-29-20-31(26)25-13-7-11-23(17-25)22-10-6-12-24(28)16-22/h6-7,10-13,16-18,20-21H,3-5,8-9,14-15,19H2,1-2H3,(H,30,32). The lowest BCUT2D eigenvalue weighted by Gasteiger charge is -2.14. The largest absolute Gasteiger partial charge is 0.381 e. The summed E-state index contributed by atoms with van der Waals surface area (Å²) in [4.78, 5) is 17.0. The van der Waals surface area contributed by atoms with E-state index in [-0.39, 0.29) is 5.91 Å². The third kappa shape index (κ3) is 7.44. The van der Waals surface area contributed by atoms with E-state index in [1.807, 2.05) is 48.5 Å². The molecule has 33 heavy (non-hydrogen) atoms. The second-order valence-corrected chi connectivity index (χ2v) is 8.75. The molecule has 6 heteroatoms. The van der Waals surface area contributed by atoms with Gasteiger partial charge in [0, 0.05) is 30.5 Å². The molecule has 0 saturated carbocycles. The summed E-state index contributed by atoms with van der Waals surface area (Å²) >= 11 is 6.15. The quantitative estimate of drug-likeness (QED) is 0.290. The fourth-order valence-corrected chi connectivity index (χ4v) is 3.98. The zero-order valence-corrected chi connectivity index (χ0v) is 20.4. The van der Waals surface area contributed by atoms with E-state index >= 15 is 0 Å². The van der Waals surface area contributed by atoms with Crippen LogP contribution in [-0.2, 0) is 4.74 Å². The summed E-state index contributed by atoms with van der Waals surface area (Å²) in [5, 5.41) is 3.68. The Morgan fingerprint density at radius 1 is 1.12 bits per heavy atom. The van der Waals surface area contributed by atoms with Gasteiger partial charge in [-0.15, -0.1) is 0 Å². The van der Waals surface area contributed by atoms with E-state index < -0.39 is 0 Å². The van der Waals surface area contributed by atoms with E-state index in [0.29, 0.717) is 29.8 Å². The Morgan fingerprint density at radius 3 is 2.67 bits per heavy atom. The smallest absolute Gasteiger partial charge is 0.269 e. The summed E-state index contributed by atoms with van der Waals surface area (Å²) in [5.74, 6) is 0.492. The maximum atomic E-state index is 12.8. The van der Waals surface area contributed by atoms with E-state index in [1.54, 1.807) is 17.1 Å². The van der Waals surface area contributed by atoms with Crippen molar-refractivity contribution >= 4 is 17.5 Å². The van der Waals surface area contributed by atoms with Crippen molar-refractivity contribution in [3.05, 3.63) is 71.8 Å². The Kier molecular flexibility index (Phi) is 9.98. The molecule has 0 fully saturated rings. The van der Waals surface area contributed by atoms with Crippen molar-refractivity contribution < 1.29 is 9.53 Å².